The molecular weight excluding hydrogens is 698 g/mol. The van der Waals surface area contributed by atoms with E-state index in [4.69, 9.17) is 0 Å². The number of unbranched alkanes of at least 4 members (excludes halogenated alkanes) is 6. The summed E-state index contributed by atoms with van der Waals surface area (Å²) in [6.45, 7) is 4.62. The smallest absolute Gasteiger partial charge is 0.0541 e. The van der Waals surface area contributed by atoms with Crippen molar-refractivity contribution >= 4 is 69.6 Å². The molecule has 1 aliphatic carbocycles. The number of benzene rings is 4. The number of hydrogen-bond acceptors (Lipinski definition) is 0. The summed E-state index contributed by atoms with van der Waals surface area (Å²) in [6, 6.07) is 27.7. The molecule has 0 amide bonds. The van der Waals surface area contributed by atoms with Crippen LogP contribution < -0.4 is 0 Å². The second-order valence-corrected chi connectivity index (χ2v) is 14.5. The van der Waals surface area contributed by atoms with Gasteiger partial charge in [0.1, 0.15) is 0 Å². The first-order valence-electron chi connectivity index (χ1n) is 15.3. The van der Waals surface area contributed by atoms with E-state index in [1.54, 1.807) is 0 Å². The van der Waals surface area contributed by atoms with Crippen molar-refractivity contribution in [2.75, 3.05) is 0 Å². The van der Waals surface area contributed by atoms with Crippen molar-refractivity contribution in [1.82, 2.24) is 4.57 Å². The van der Waals surface area contributed by atoms with Gasteiger partial charge in [-0.2, -0.15) is 0 Å². The van der Waals surface area contributed by atoms with E-state index < -0.39 is 0 Å². The molecule has 4 aromatic carbocycles. The monoisotopic (exact) mass is 733 g/mol. The van der Waals surface area contributed by atoms with Crippen molar-refractivity contribution in [3.63, 3.8) is 0 Å². The Morgan fingerprint density at radius 1 is 0.537 bits per heavy atom. The number of aromatic nitrogens is 1. The average molecular weight is 736 g/mol. The molecule has 6 rings (SSSR count). The maximum Gasteiger partial charge on any atom is 0.0541 e. The molecule has 0 spiro atoms. The first-order chi connectivity index (χ1) is 20.0. The Morgan fingerprint density at radius 3 is 1.59 bits per heavy atom. The lowest BCUT2D eigenvalue weighted by Gasteiger charge is -2.33. The SMILES string of the molecule is CCCCCCC1(CCCCCC)c2cc(Br)ccc2-c2ccc(-n3c4ccc(Br)cc4c4cc(Br)ccc43)cc21. The molecule has 1 aromatic heterocycles. The molecule has 0 fully saturated rings. The third kappa shape index (κ3) is 5.38. The third-order valence-electron chi connectivity index (χ3n) is 9.17. The van der Waals surface area contributed by atoms with Crippen molar-refractivity contribution < 1.29 is 0 Å². The van der Waals surface area contributed by atoms with E-state index in [9.17, 15) is 0 Å². The van der Waals surface area contributed by atoms with E-state index >= 15 is 0 Å². The maximum atomic E-state index is 3.85. The van der Waals surface area contributed by atoms with Crippen LogP contribution in [0.25, 0.3) is 38.6 Å². The van der Waals surface area contributed by atoms with Gasteiger partial charge in [-0.15, -0.1) is 0 Å². The lowest BCUT2D eigenvalue weighted by Crippen LogP contribution is -2.26. The highest BCUT2D eigenvalue weighted by Gasteiger charge is 2.42. The predicted octanol–water partition coefficient (Wildman–Crippen LogP) is 13.3. The summed E-state index contributed by atoms with van der Waals surface area (Å²) in [7, 11) is 0. The van der Waals surface area contributed by atoms with Crippen LogP contribution in [0.1, 0.15) is 89.2 Å². The summed E-state index contributed by atoms with van der Waals surface area (Å²) >= 11 is 11.3. The number of nitrogens with zero attached hydrogens (tertiary/aromatic N) is 1. The van der Waals surface area contributed by atoms with Gasteiger partial charge < -0.3 is 4.57 Å². The molecule has 0 aliphatic heterocycles. The van der Waals surface area contributed by atoms with E-state index in [1.807, 2.05) is 0 Å². The summed E-state index contributed by atoms with van der Waals surface area (Å²) in [6.07, 6.45) is 12.8. The van der Waals surface area contributed by atoms with E-state index in [-0.39, 0.29) is 5.41 Å². The molecule has 5 aromatic rings. The Morgan fingerprint density at radius 2 is 1.02 bits per heavy atom. The van der Waals surface area contributed by atoms with Gasteiger partial charge in [0, 0.05) is 35.3 Å². The summed E-state index contributed by atoms with van der Waals surface area (Å²) in [5.41, 5.74) is 9.71. The quantitative estimate of drug-likeness (QED) is 0.119. The van der Waals surface area contributed by atoms with E-state index in [0.29, 0.717) is 0 Å². The molecule has 212 valence electrons. The van der Waals surface area contributed by atoms with Crippen LogP contribution in [0, 0.1) is 0 Å². The number of hydrogen-bond donors (Lipinski definition) is 0. The van der Waals surface area contributed by atoms with Crippen LogP contribution in [-0.4, -0.2) is 4.57 Å². The van der Waals surface area contributed by atoms with Crippen LogP contribution in [0.4, 0.5) is 0 Å². The minimum atomic E-state index is 0.0523. The Balaban J connectivity index is 1.56. The van der Waals surface area contributed by atoms with Crippen molar-refractivity contribution in [3.05, 3.63) is 97.3 Å². The Labute approximate surface area is 270 Å². The number of fused-ring (bicyclic) bond motifs is 6. The zero-order chi connectivity index (χ0) is 28.6. The molecule has 0 N–H and O–H groups in total. The van der Waals surface area contributed by atoms with Crippen LogP contribution in [0.15, 0.2) is 86.2 Å². The van der Waals surface area contributed by atoms with E-state index in [2.05, 4.69) is 139 Å². The van der Waals surface area contributed by atoms with Crippen LogP contribution in [0.2, 0.25) is 0 Å². The number of halogens is 3. The summed E-state index contributed by atoms with van der Waals surface area (Å²) in [5, 5.41) is 2.54. The summed E-state index contributed by atoms with van der Waals surface area (Å²) in [5.74, 6) is 0. The molecule has 0 saturated carbocycles. The molecule has 1 nitrogen and oxygen atoms in total. The van der Waals surface area contributed by atoms with Crippen molar-refractivity contribution in [1.29, 1.82) is 0 Å². The first-order valence-corrected chi connectivity index (χ1v) is 17.7. The van der Waals surface area contributed by atoms with Crippen molar-refractivity contribution in [2.24, 2.45) is 0 Å². The largest absolute Gasteiger partial charge is 0.309 e. The highest BCUT2D eigenvalue weighted by Crippen LogP contribution is 2.55. The van der Waals surface area contributed by atoms with Gasteiger partial charge in [-0.3, -0.25) is 0 Å². The first kappa shape index (κ1) is 29.2. The molecule has 0 unspecified atom stereocenters. The molecule has 0 bridgehead atoms. The van der Waals surface area contributed by atoms with E-state index in [1.165, 1.54) is 118 Å². The number of rotatable bonds is 11. The lowest BCUT2D eigenvalue weighted by molar-refractivity contribution is 0.401. The molecule has 0 radical (unpaired) electrons. The van der Waals surface area contributed by atoms with Gasteiger partial charge >= 0.3 is 0 Å². The highest BCUT2D eigenvalue weighted by atomic mass is 79.9. The van der Waals surface area contributed by atoms with Crippen molar-refractivity contribution in [2.45, 2.75) is 83.5 Å². The zero-order valence-corrected chi connectivity index (χ0v) is 28.8. The van der Waals surface area contributed by atoms with E-state index in [0.717, 1.165) is 8.95 Å². The van der Waals surface area contributed by atoms with Crippen LogP contribution in [-0.2, 0) is 5.41 Å². The fourth-order valence-electron chi connectivity index (χ4n) is 7.21. The maximum absolute atomic E-state index is 3.85. The molecule has 41 heavy (non-hydrogen) atoms. The zero-order valence-electron chi connectivity index (χ0n) is 24.1. The lowest BCUT2D eigenvalue weighted by atomic mass is 9.70. The fraction of sp³-hybridized carbons (Fsp3) is 0.351. The predicted molar refractivity (Wildman–Crippen MR) is 188 cm³/mol. The Bertz CT molecular complexity index is 1640. The Hall–Kier alpha value is -1.88. The van der Waals surface area contributed by atoms with Gasteiger partial charge in [0.2, 0.25) is 0 Å². The molecular formula is C37H38Br3N. The topological polar surface area (TPSA) is 4.93 Å². The van der Waals surface area contributed by atoms with Gasteiger partial charge in [-0.25, -0.2) is 0 Å². The molecule has 1 heterocycles. The normalized spacial score (nSPS) is 13.7. The van der Waals surface area contributed by atoms with Gasteiger partial charge in [0.05, 0.1) is 11.0 Å². The van der Waals surface area contributed by atoms with Gasteiger partial charge in [-0.05, 0) is 95.8 Å². The second kappa shape index (κ2) is 12.4. The Kier molecular flexibility index (Phi) is 8.82. The molecule has 0 atom stereocenters. The van der Waals surface area contributed by atoms with Crippen LogP contribution in [0.3, 0.4) is 0 Å². The van der Waals surface area contributed by atoms with Crippen LogP contribution in [0.5, 0.6) is 0 Å². The summed E-state index contributed by atoms with van der Waals surface area (Å²) < 4.78 is 5.88. The molecule has 1 aliphatic rings. The second-order valence-electron chi connectivity index (χ2n) is 11.8. The van der Waals surface area contributed by atoms with Gasteiger partial charge in [0.15, 0.2) is 0 Å². The fourth-order valence-corrected chi connectivity index (χ4v) is 8.29. The van der Waals surface area contributed by atoms with Gasteiger partial charge in [0.25, 0.3) is 0 Å². The van der Waals surface area contributed by atoms with Crippen LogP contribution >= 0.6 is 47.8 Å². The highest BCUT2D eigenvalue weighted by molar-refractivity contribution is 9.11. The minimum absolute atomic E-state index is 0.0523. The third-order valence-corrected chi connectivity index (χ3v) is 10.6. The summed E-state index contributed by atoms with van der Waals surface area (Å²) in [4.78, 5) is 0. The average Bonchev–Trinajstić information content (AvgIpc) is 3.42. The van der Waals surface area contributed by atoms with Crippen molar-refractivity contribution in [3.8, 4) is 16.8 Å². The molecule has 4 heteroatoms. The standard InChI is InChI=1S/C37H38Br3N/c1-3-5-7-9-19-37(20-10-8-6-4-2)33-23-27(40)11-15-29(33)30-16-14-28(24-34(30)37)41-35-17-12-25(38)21-31(35)32-22-26(39)13-18-36(32)41/h11-18,21-24H,3-10,19-20H2,1-2H3. The van der Waals surface area contributed by atoms with Gasteiger partial charge in [-0.1, -0.05) is 125 Å². The minimum Gasteiger partial charge on any atom is -0.309 e. The molecule has 0 saturated heterocycles.